The molecule has 1 aromatic carbocycles. The molecule has 2 rings (SSSR count). The third-order valence-electron chi connectivity index (χ3n) is 2.92. The van der Waals surface area contributed by atoms with Gasteiger partial charge in [0.15, 0.2) is 5.82 Å². The van der Waals surface area contributed by atoms with Crippen LogP contribution in [-0.4, -0.2) is 18.3 Å². The first-order chi connectivity index (χ1) is 10.7. The molecule has 112 valence electrons. The van der Waals surface area contributed by atoms with Crippen LogP contribution in [0.3, 0.4) is 0 Å². The Labute approximate surface area is 128 Å². The lowest BCUT2D eigenvalue weighted by atomic mass is 10.1. The number of rotatable bonds is 5. The number of hydrogen-bond donors (Lipinski definition) is 1. The molecule has 5 nitrogen and oxygen atoms in total. The highest BCUT2D eigenvalue weighted by Crippen LogP contribution is 2.19. The highest BCUT2D eigenvalue weighted by atomic mass is 19.1. The minimum atomic E-state index is -0.370. The maximum atomic E-state index is 13.5. The predicted molar refractivity (Wildman–Crippen MR) is 82.0 cm³/mol. The van der Waals surface area contributed by atoms with E-state index in [1.54, 1.807) is 31.4 Å². The van der Waals surface area contributed by atoms with E-state index in [0.29, 0.717) is 23.6 Å². The zero-order valence-corrected chi connectivity index (χ0v) is 12.3. The fourth-order valence-electron chi connectivity index (χ4n) is 1.96. The molecule has 0 radical (unpaired) electrons. The zero-order valence-electron chi connectivity index (χ0n) is 12.3. The van der Waals surface area contributed by atoms with Gasteiger partial charge in [-0.05, 0) is 19.1 Å². The molecule has 0 aliphatic heterocycles. The molecule has 0 aliphatic rings. The Kier molecular flexibility index (Phi) is 5.17. The quantitative estimate of drug-likeness (QED) is 0.680. The average Bonchev–Trinajstić information content (AvgIpc) is 2.49. The second-order valence-electron chi connectivity index (χ2n) is 4.58. The first-order valence-electron chi connectivity index (χ1n) is 6.59. The third kappa shape index (κ3) is 3.65. The van der Waals surface area contributed by atoms with Crippen molar-refractivity contribution in [1.29, 1.82) is 5.26 Å². The Morgan fingerprint density at radius 3 is 2.91 bits per heavy atom. The molecule has 0 spiro atoms. The smallest absolute Gasteiger partial charge is 0.164 e. The summed E-state index contributed by atoms with van der Waals surface area (Å²) >= 11 is 0. The lowest BCUT2D eigenvalue weighted by Gasteiger charge is -2.09. The summed E-state index contributed by atoms with van der Waals surface area (Å²) in [4.78, 5) is 4.24. The van der Waals surface area contributed by atoms with Crippen LogP contribution in [-0.2, 0) is 11.3 Å². The molecule has 6 heteroatoms. The van der Waals surface area contributed by atoms with Crippen LogP contribution in [0, 0.1) is 24.1 Å². The summed E-state index contributed by atoms with van der Waals surface area (Å²) in [5.41, 5.74) is 4.85. The number of anilines is 1. The summed E-state index contributed by atoms with van der Waals surface area (Å²) in [6.45, 7) is 2.12. The Hall–Kier alpha value is -2.78. The fraction of sp³-hybridized carbons (Fsp3) is 0.188. The Morgan fingerprint density at radius 2 is 2.23 bits per heavy atom. The summed E-state index contributed by atoms with van der Waals surface area (Å²) in [6, 6.07) is 10.1. The minimum absolute atomic E-state index is 0.304. The van der Waals surface area contributed by atoms with E-state index in [-0.39, 0.29) is 5.82 Å². The topological polar surface area (TPSA) is 70.3 Å². The van der Waals surface area contributed by atoms with Gasteiger partial charge in [-0.3, -0.25) is 5.43 Å². The van der Waals surface area contributed by atoms with Crippen molar-refractivity contribution in [2.75, 3.05) is 12.5 Å². The van der Waals surface area contributed by atoms with Gasteiger partial charge in [-0.25, -0.2) is 9.37 Å². The molecule has 0 saturated carbocycles. The van der Waals surface area contributed by atoms with E-state index in [9.17, 15) is 9.65 Å². The molecule has 22 heavy (non-hydrogen) atoms. The lowest BCUT2D eigenvalue weighted by molar-refractivity contribution is 0.184. The second-order valence-corrected chi connectivity index (χ2v) is 4.58. The van der Waals surface area contributed by atoms with Gasteiger partial charge >= 0.3 is 0 Å². The monoisotopic (exact) mass is 298 g/mol. The van der Waals surface area contributed by atoms with E-state index in [0.717, 1.165) is 11.3 Å². The third-order valence-corrected chi connectivity index (χ3v) is 2.92. The van der Waals surface area contributed by atoms with E-state index in [2.05, 4.69) is 21.6 Å². The molecule has 0 fully saturated rings. The standard InChI is InChI=1S/C16H15FN4O/c1-11-7-13(10-22-2)14(8-18)16(20-11)21-19-9-12-5-3-4-6-15(12)17/h3-7,9H,10H2,1-2H3,(H,20,21)/b19-9-. The Bertz CT molecular complexity index is 737. The van der Waals surface area contributed by atoms with Crippen LogP contribution in [0.15, 0.2) is 35.4 Å². The number of hydrazone groups is 1. The van der Waals surface area contributed by atoms with E-state index >= 15 is 0 Å². The summed E-state index contributed by atoms with van der Waals surface area (Å²) in [5.74, 6) is -0.0482. The van der Waals surface area contributed by atoms with Gasteiger partial charge in [-0.15, -0.1) is 0 Å². The highest BCUT2D eigenvalue weighted by molar-refractivity contribution is 5.80. The fourth-order valence-corrected chi connectivity index (χ4v) is 1.96. The van der Waals surface area contributed by atoms with Gasteiger partial charge in [-0.1, -0.05) is 18.2 Å². The first kappa shape index (κ1) is 15.6. The largest absolute Gasteiger partial charge is 0.380 e. The first-order valence-corrected chi connectivity index (χ1v) is 6.59. The van der Waals surface area contributed by atoms with Crippen LogP contribution in [0.2, 0.25) is 0 Å². The summed E-state index contributed by atoms with van der Waals surface area (Å²) in [5, 5.41) is 13.2. The number of methoxy groups -OCH3 is 1. The van der Waals surface area contributed by atoms with Crippen molar-refractivity contribution in [2.24, 2.45) is 5.10 Å². The van der Waals surface area contributed by atoms with Crippen molar-refractivity contribution < 1.29 is 9.13 Å². The van der Waals surface area contributed by atoms with E-state index < -0.39 is 0 Å². The van der Waals surface area contributed by atoms with Crippen LogP contribution in [0.1, 0.15) is 22.4 Å². The van der Waals surface area contributed by atoms with E-state index in [4.69, 9.17) is 4.74 Å². The summed E-state index contributed by atoms with van der Waals surface area (Å²) < 4.78 is 18.6. The molecular weight excluding hydrogens is 283 g/mol. The average molecular weight is 298 g/mol. The van der Waals surface area contributed by atoms with Crippen LogP contribution in [0.4, 0.5) is 10.2 Å². The number of nitrogens with zero attached hydrogens (tertiary/aromatic N) is 3. The Balaban J connectivity index is 2.26. The molecule has 1 N–H and O–H groups in total. The lowest BCUT2D eigenvalue weighted by Crippen LogP contribution is -2.03. The molecule has 1 heterocycles. The number of halogens is 1. The van der Waals surface area contributed by atoms with Crippen molar-refractivity contribution in [3.05, 3.63) is 58.5 Å². The number of nitriles is 1. The SMILES string of the molecule is COCc1cc(C)nc(N/N=C\c2ccccc2F)c1C#N. The zero-order chi connectivity index (χ0) is 15.9. The maximum Gasteiger partial charge on any atom is 0.164 e. The maximum absolute atomic E-state index is 13.5. The molecule has 2 aromatic rings. The van der Waals surface area contributed by atoms with Crippen LogP contribution in [0.25, 0.3) is 0 Å². The molecule has 0 unspecified atom stereocenters. The molecule has 0 bridgehead atoms. The van der Waals surface area contributed by atoms with Gasteiger partial charge in [0.2, 0.25) is 0 Å². The molecule has 0 aliphatic carbocycles. The molecule has 0 atom stereocenters. The van der Waals surface area contributed by atoms with Gasteiger partial charge < -0.3 is 4.74 Å². The van der Waals surface area contributed by atoms with Gasteiger partial charge in [0.1, 0.15) is 17.4 Å². The van der Waals surface area contributed by atoms with Crippen molar-refractivity contribution in [1.82, 2.24) is 4.98 Å². The van der Waals surface area contributed by atoms with Crippen molar-refractivity contribution in [3.8, 4) is 6.07 Å². The highest BCUT2D eigenvalue weighted by Gasteiger charge is 2.10. The molecule has 0 amide bonds. The van der Waals surface area contributed by atoms with Crippen LogP contribution in [0.5, 0.6) is 0 Å². The molecule has 0 saturated heterocycles. The summed E-state index contributed by atoms with van der Waals surface area (Å²) in [6.07, 6.45) is 1.34. The van der Waals surface area contributed by atoms with Crippen molar-refractivity contribution in [2.45, 2.75) is 13.5 Å². The van der Waals surface area contributed by atoms with Crippen LogP contribution < -0.4 is 5.43 Å². The van der Waals surface area contributed by atoms with Gasteiger partial charge in [0.05, 0.1) is 12.8 Å². The number of hydrogen-bond acceptors (Lipinski definition) is 5. The van der Waals surface area contributed by atoms with E-state index in [1.807, 2.05) is 6.92 Å². The van der Waals surface area contributed by atoms with Gasteiger partial charge in [0.25, 0.3) is 0 Å². The van der Waals surface area contributed by atoms with Gasteiger partial charge in [-0.2, -0.15) is 10.4 Å². The number of benzene rings is 1. The Morgan fingerprint density at radius 1 is 1.45 bits per heavy atom. The number of ether oxygens (including phenoxy) is 1. The second kappa shape index (κ2) is 7.29. The van der Waals surface area contributed by atoms with Crippen LogP contribution >= 0.6 is 0 Å². The number of aryl methyl sites for hydroxylation is 1. The van der Waals surface area contributed by atoms with E-state index in [1.165, 1.54) is 12.3 Å². The molecular formula is C16H15FN4O. The number of aromatic nitrogens is 1. The predicted octanol–water partition coefficient (Wildman–Crippen LogP) is 2.99. The minimum Gasteiger partial charge on any atom is -0.380 e. The summed E-state index contributed by atoms with van der Waals surface area (Å²) in [7, 11) is 1.56. The normalized spacial score (nSPS) is 10.6. The number of pyridine rings is 1. The molecule has 1 aromatic heterocycles. The van der Waals surface area contributed by atoms with Crippen molar-refractivity contribution >= 4 is 12.0 Å². The van der Waals surface area contributed by atoms with Crippen molar-refractivity contribution in [3.63, 3.8) is 0 Å². The number of nitrogens with one attached hydrogen (secondary N) is 1. The van der Waals surface area contributed by atoms with Gasteiger partial charge in [0, 0.05) is 23.9 Å².